The second kappa shape index (κ2) is 3.78. The van der Waals surface area contributed by atoms with Gasteiger partial charge in [0.05, 0.1) is 5.52 Å². The van der Waals surface area contributed by atoms with Crippen LogP contribution in [-0.4, -0.2) is 21.5 Å². The molecule has 0 fully saturated rings. The third kappa shape index (κ3) is 1.51. The van der Waals surface area contributed by atoms with Crippen molar-refractivity contribution in [3.8, 4) is 0 Å². The molecule has 5 heteroatoms. The van der Waals surface area contributed by atoms with E-state index in [1.807, 2.05) is 18.3 Å². The fraction of sp³-hybridized carbons (Fsp3) is 0.143. The number of fused-ring (bicyclic) bond motifs is 2. The molecular weight excluding hydrogens is 243 g/mol. The van der Waals surface area contributed by atoms with Crippen LogP contribution >= 0.6 is 0 Å². The van der Waals surface area contributed by atoms with Gasteiger partial charge in [-0.05, 0) is 36.2 Å². The van der Waals surface area contributed by atoms with E-state index >= 15 is 0 Å². The Morgan fingerprint density at radius 2 is 2.16 bits per heavy atom. The van der Waals surface area contributed by atoms with Gasteiger partial charge in [-0.25, -0.2) is 14.4 Å². The standard InChI is InChI=1S/C14H11FN4/c15-10-1-2-12-9(7-10)4-6-19(12)14-13-11(3-5-16-13)17-8-18-14/h1-3,5,7-8,16H,4,6H2. The van der Waals surface area contributed by atoms with Crippen molar-refractivity contribution in [1.29, 1.82) is 0 Å². The van der Waals surface area contributed by atoms with E-state index in [2.05, 4.69) is 19.9 Å². The first-order valence-corrected chi connectivity index (χ1v) is 6.17. The number of benzene rings is 1. The number of anilines is 2. The van der Waals surface area contributed by atoms with Gasteiger partial charge in [-0.15, -0.1) is 0 Å². The van der Waals surface area contributed by atoms with Crippen molar-refractivity contribution < 1.29 is 4.39 Å². The van der Waals surface area contributed by atoms with Crippen LogP contribution in [-0.2, 0) is 6.42 Å². The molecule has 3 heterocycles. The third-order valence-electron chi connectivity index (χ3n) is 3.52. The maximum Gasteiger partial charge on any atom is 0.160 e. The van der Waals surface area contributed by atoms with Gasteiger partial charge in [0.25, 0.3) is 0 Å². The third-order valence-corrected chi connectivity index (χ3v) is 3.52. The van der Waals surface area contributed by atoms with Gasteiger partial charge in [0.15, 0.2) is 5.82 Å². The molecule has 0 saturated heterocycles. The summed E-state index contributed by atoms with van der Waals surface area (Å²) in [6, 6.07) is 6.82. The molecule has 0 atom stereocenters. The molecule has 4 rings (SSSR count). The monoisotopic (exact) mass is 254 g/mol. The van der Waals surface area contributed by atoms with Crippen LogP contribution in [0.3, 0.4) is 0 Å². The summed E-state index contributed by atoms with van der Waals surface area (Å²) in [4.78, 5) is 13.9. The van der Waals surface area contributed by atoms with Crippen LogP contribution in [0.25, 0.3) is 11.0 Å². The summed E-state index contributed by atoms with van der Waals surface area (Å²) in [5, 5.41) is 0. The summed E-state index contributed by atoms with van der Waals surface area (Å²) in [6.07, 6.45) is 4.25. The van der Waals surface area contributed by atoms with Gasteiger partial charge in [-0.1, -0.05) is 0 Å². The lowest BCUT2D eigenvalue weighted by Crippen LogP contribution is -2.15. The van der Waals surface area contributed by atoms with E-state index in [0.29, 0.717) is 0 Å². The van der Waals surface area contributed by atoms with Crippen LogP contribution in [0.15, 0.2) is 36.8 Å². The second-order valence-electron chi connectivity index (χ2n) is 4.61. The number of aromatic amines is 1. The van der Waals surface area contributed by atoms with Gasteiger partial charge in [-0.2, -0.15) is 0 Å². The Bertz CT molecular complexity index is 765. The van der Waals surface area contributed by atoms with Crippen LogP contribution in [0.1, 0.15) is 5.56 Å². The molecule has 0 unspecified atom stereocenters. The van der Waals surface area contributed by atoms with E-state index in [9.17, 15) is 4.39 Å². The van der Waals surface area contributed by atoms with Crippen molar-refractivity contribution >= 4 is 22.5 Å². The van der Waals surface area contributed by atoms with Crippen molar-refractivity contribution in [2.75, 3.05) is 11.4 Å². The Labute approximate surface area is 108 Å². The second-order valence-corrected chi connectivity index (χ2v) is 4.61. The van der Waals surface area contributed by atoms with E-state index in [1.165, 1.54) is 6.07 Å². The molecule has 1 aliphatic rings. The SMILES string of the molecule is Fc1ccc2c(c1)CCN2c1ncnc2cc[nH]c12. The molecule has 4 nitrogen and oxygen atoms in total. The van der Waals surface area contributed by atoms with Crippen LogP contribution in [0.2, 0.25) is 0 Å². The first-order chi connectivity index (χ1) is 9.33. The van der Waals surface area contributed by atoms with E-state index in [1.54, 1.807) is 12.4 Å². The molecule has 1 aliphatic heterocycles. The Hall–Kier alpha value is -2.43. The maximum absolute atomic E-state index is 13.2. The number of nitrogens with zero attached hydrogens (tertiary/aromatic N) is 3. The summed E-state index contributed by atoms with van der Waals surface area (Å²) in [7, 11) is 0. The van der Waals surface area contributed by atoms with Crippen LogP contribution in [0.4, 0.5) is 15.9 Å². The van der Waals surface area contributed by atoms with E-state index < -0.39 is 0 Å². The molecule has 94 valence electrons. The number of aromatic nitrogens is 3. The molecule has 0 spiro atoms. The highest BCUT2D eigenvalue weighted by molar-refractivity contribution is 5.89. The van der Waals surface area contributed by atoms with Gasteiger partial charge in [0.1, 0.15) is 17.7 Å². The number of nitrogens with one attached hydrogen (secondary N) is 1. The van der Waals surface area contributed by atoms with E-state index in [-0.39, 0.29) is 5.82 Å². The fourth-order valence-electron chi connectivity index (χ4n) is 2.65. The topological polar surface area (TPSA) is 44.8 Å². The highest BCUT2D eigenvalue weighted by atomic mass is 19.1. The van der Waals surface area contributed by atoms with E-state index in [0.717, 1.165) is 41.1 Å². The molecule has 19 heavy (non-hydrogen) atoms. The van der Waals surface area contributed by atoms with Crippen LogP contribution < -0.4 is 4.90 Å². The number of hydrogen-bond donors (Lipinski definition) is 1. The average Bonchev–Trinajstić information content (AvgIpc) is 3.03. The molecule has 0 bridgehead atoms. The molecule has 1 aromatic carbocycles. The van der Waals surface area contributed by atoms with E-state index in [4.69, 9.17) is 0 Å². The number of H-pyrrole nitrogens is 1. The van der Waals surface area contributed by atoms with Gasteiger partial charge in [0, 0.05) is 18.4 Å². The van der Waals surface area contributed by atoms with Gasteiger partial charge >= 0.3 is 0 Å². The zero-order chi connectivity index (χ0) is 12.8. The Balaban J connectivity index is 1.89. The van der Waals surface area contributed by atoms with Crippen molar-refractivity contribution in [1.82, 2.24) is 15.0 Å². The van der Waals surface area contributed by atoms with Crippen molar-refractivity contribution in [2.24, 2.45) is 0 Å². The number of halogens is 1. The average molecular weight is 254 g/mol. The molecule has 0 radical (unpaired) electrons. The summed E-state index contributed by atoms with van der Waals surface area (Å²) in [5.74, 6) is 0.661. The highest BCUT2D eigenvalue weighted by Crippen LogP contribution is 2.36. The number of rotatable bonds is 1. The molecule has 1 N–H and O–H groups in total. The zero-order valence-corrected chi connectivity index (χ0v) is 10.1. The predicted octanol–water partition coefficient (Wildman–Crippen LogP) is 2.79. The minimum Gasteiger partial charge on any atom is -0.357 e. The molecule has 0 aliphatic carbocycles. The van der Waals surface area contributed by atoms with Gasteiger partial charge in [0.2, 0.25) is 0 Å². The smallest absolute Gasteiger partial charge is 0.160 e. The van der Waals surface area contributed by atoms with Crippen molar-refractivity contribution in [2.45, 2.75) is 6.42 Å². The summed E-state index contributed by atoms with van der Waals surface area (Å²) >= 11 is 0. The lowest BCUT2D eigenvalue weighted by molar-refractivity contribution is 0.626. The minimum absolute atomic E-state index is 0.187. The number of hydrogen-bond acceptors (Lipinski definition) is 3. The zero-order valence-electron chi connectivity index (χ0n) is 10.1. The Kier molecular flexibility index (Phi) is 2.09. The van der Waals surface area contributed by atoms with Crippen LogP contribution in [0.5, 0.6) is 0 Å². The fourth-order valence-corrected chi connectivity index (χ4v) is 2.65. The molecular formula is C14H11FN4. The predicted molar refractivity (Wildman–Crippen MR) is 71.0 cm³/mol. The molecule has 3 aromatic rings. The molecule has 0 amide bonds. The molecule has 2 aromatic heterocycles. The first-order valence-electron chi connectivity index (χ1n) is 6.17. The summed E-state index contributed by atoms with van der Waals surface area (Å²) in [6.45, 7) is 0.809. The molecule has 0 saturated carbocycles. The van der Waals surface area contributed by atoms with Gasteiger partial charge < -0.3 is 9.88 Å². The Morgan fingerprint density at radius 1 is 1.21 bits per heavy atom. The Morgan fingerprint density at radius 3 is 3.11 bits per heavy atom. The lowest BCUT2D eigenvalue weighted by atomic mass is 10.2. The maximum atomic E-state index is 13.2. The highest BCUT2D eigenvalue weighted by Gasteiger charge is 2.23. The quantitative estimate of drug-likeness (QED) is 0.726. The first kappa shape index (κ1) is 10.5. The largest absolute Gasteiger partial charge is 0.357 e. The summed E-state index contributed by atoms with van der Waals surface area (Å²) in [5.41, 5.74) is 3.86. The van der Waals surface area contributed by atoms with Crippen molar-refractivity contribution in [3.63, 3.8) is 0 Å². The van der Waals surface area contributed by atoms with Crippen molar-refractivity contribution in [3.05, 3.63) is 48.2 Å². The normalized spacial score (nSPS) is 14.1. The van der Waals surface area contributed by atoms with Crippen LogP contribution in [0, 0.1) is 5.82 Å². The minimum atomic E-state index is -0.187. The summed E-state index contributed by atoms with van der Waals surface area (Å²) < 4.78 is 13.2. The lowest BCUT2D eigenvalue weighted by Gasteiger charge is -2.18. The van der Waals surface area contributed by atoms with Gasteiger partial charge in [-0.3, -0.25) is 0 Å².